The molecule has 0 radical (unpaired) electrons. The summed E-state index contributed by atoms with van der Waals surface area (Å²) >= 11 is 0. The van der Waals surface area contributed by atoms with E-state index in [-0.39, 0.29) is 11.7 Å². The Bertz CT molecular complexity index is 604. The molecule has 0 aliphatic rings. The van der Waals surface area contributed by atoms with E-state index in [2.05, 4.69) is 15.3 Å². The molecule has 7 nitrogen and oxygen atoms in total. The molecule has 0 aliphatic carbocycles. The van der Waals surface area contributed by atoms with Crippen LogP contribution < -0.4 is 10.5 Å². The maximum atomic E-state index is 7.46. The van der Waals surface area contributed by atoms with Crippen molar-refractivity contribution in [3.05, 3.63) is 29.2 Å². The molecule has 0 saturated heterocycles. The van der Waals surface area contributed by atoms with E-state index < -0.39 is 0 Å². The first-order chi connectivity index (χ1) is 8.50. The molecule has 2 heterocycles. The van der Waals surface area contributed by atoms with Crippen LogP contribution in [0.25, 0.3) is 0 Å². The second-order valence-electron chi connectivity index (χ2n) is 3.89. The zero-order chi connectivity index (χ0) is 13.3. The minimum absolute atomic E-state index is 0.112. The minimum atomic E-state index is -0.112. The van der Waals surface area contributed by atoms with E-state index in [4.69, 9.17) is 15.9 Å². The van der Waals surface area contributed by atoms with Crippen LogP contribution in [0.15, 0.2) is 12.3 Å². The van der Waals surface area contributed by atoms with Crippen LogP contribution in [-0.2, 0) is 7.05 Å². The number of nitrogens with zero attached hydrogens (tertiary/aromatic N) is 4. The lowest BCUT2D eigenvalue weighted by Gasteiger charge is -2.07. The Hall–Kier alpha value is -2.44. The first kappa shape index (κ1) is 12.0. The molecule has 0 aromatic carbocycles. The summed E-state index contributed by atoms with van der Waals surface area (Å²) in [5.74, 6) is 0.712. The van der Waals surface area contributed by atoms with Crippen LogP contribution in [0.2, 0.25) is 0 Å². The molecule has 0 atom stereocenters. The van der Waals surface area contributed by atoms with Crippen molar-refractivity contribution >= 4 is 5.84 Å². The number of aromatic nitrogens is 4. The van der Waals surface area contributed by atoms with Crippen molar-refractivity contribution < 1.29 is 4.74 Å². The van der Waals surface area contributed by atoms with Crippen LogP contribution in [0.4, 0.5) is 0 Å². The first-order valence-electron chi connectivity index (χ1n) is 5.35. The molecule has 94 valence electrons. The van der Waals surface area contributed by atoms with Crippen molar-refractivity contribution in [3.63, 3.8) is 0 Å². The van der Waals surface area contributed by atoms with Gasteiger partial charge in [0.25, 0.3) is 0 Å². The van der Waals surface area contributed by atoms with E-state index in [1.807, 2.05) is 20.9 Å². The lowest BCUT2D eigenvalue weighted by molar-refractivity contribution is 0.446. The lowest BCUT2D eigenvalue weighted by Crippen LogP contribution is -2.13. The highest BCUT2D eigenvalue weighted by Gasteiger charge is 2.15. The number of nitrogen functional groups attached to an aromatic ring is 1. The predicted octanol–water partition coefficient (Wildman–Crippen LogP) is 0.903. The van der Waals surface area contributed by atoms with Crippen LogP contribution >= 0.6 is 0 Å². The molecule has 0 bridgehead atoms. The van der Waals surface area contributed by atoms with Gasteiger partial charge in [0.2, 0.25) is 5.88 Å². The predicted molar refractivity (Wildman–Crippen MR) is 65.8 cm³/mol. The molecule has 3 N–H and O–H groups in total. The first-order valence-corrected chi connectivity index (χ1v) is 5.35. The maximum Gasteiger partial charge on any atom is 0.250 e. The molecule has 0 saturated carbocycles. The van der Waals surface area contributed by atoms with Gasteiger partial charge in [0, 0.05) is 7.05 Å². The summed E-state index contributed by atoms with van der Waals surface area (Å²) in [6.45, 7) is 3.73. The summed E-state index contributed by atoms with van der Waals surface area (Å²) < 4.78 is 7.39. The van der Waals surface area contributed by atoms with E-state index in [0.29, 0.717) is 11.3 Å². The molecule has 18 heavy (non-hydrogen) atoms. The Morgan fingerprint density at radius 1 is 1.44 bits per heavy atom. The summed E-state index contributed by atoms with van der Waals surface area (Å²) in [5, 5.41) is 19.3. The molecular formula is C11H14N6O. The number of amidine groups is 1. The van der Waals surface area contributed by atoms with E-state index in [1.165, 1.54) is 6.20 Å². The highest BCUT2D eigenvalue weighted by atomic mass is 16.5. The normalized spacial score (nSPS) is 10.4. The van der Waals surface area contributed by atoms with Crippen LogP contribution in [0.1, 0.15) is 17.0 Å². The molecular weight excluding hydrogens is 232 g/mol. The van der Waals surface area contributed by atoms with Gasteiger partial charge in [-0.2, -0.15) is 10.2 Å². The van der Waals surface area contributed by atoms with Crippen molar-refractivity contribution in [3.8, 4) is 11.6 Å². The van der Waals surface area contributed by atoms with Crippen molar-refractivity contribution in [2.24, 2.45) is 12.8 Å². The fourth-order valence-electron chi connectivity index (χ4n) is 1.60. The summed E-state index contributed by atoms with van der Waals surface area (Å²) in [6.07, 6.45) is 1.46. The summed E-state index contributed by atoms with van der Waals surface area (Å²) in [7, 11) is 1.83. The van der Waals surface area contributed by atoms with E-state index in [9.17, 15) is 0 Å². The summed E-state index contributed by atoms with van der Waals surface area (Å²) in [4.78, 5) is 0. The van der Waals surface area contributed by atoms with Gasteiger partial charge >= 0.3 is 0 Å². The average molecular weight is 246 g/mol. The quantitative estimate of drug-likeness (QED) is 0.618. The standard InChI is InChI=1S/C11H14N6O/c1-6-9(7(2)17(3)16-6)18-11-8(10(12)13)4-5-14-15-11/h4-5H,1-3H3,(H3,12,13). The Balaban J connectivity index is 2.43. The van der Waals surface area contributed by atoms with Crippen LogP contribution in [-0.4, -0.2) is 25.8 Å². The van der Waals surface area contributed by atoms with Gasteiger partial charge in [0.1, 0.15) is 11.5 Å². The van der Waals surface area contributed by atoms with Gasteiger partial charge < -0.3 is 10.5 Å². The van der Waals surface area contributed by atoms with Gasteiger partial charge in [-0.3, -0.25) is 10.1 Å². The number of hydrogen-bond donors (Lipinski definition) is 2. The topological polar surface area (TPSA) is 103 Å². The molecule has 0 unspecified atom stereocenters. The zero-order valence-electron chi connectivity index (χ0n) is 10.4. The third-order valence-corrected chi connectivity index (χ3v) is 2.62. The molecule has 0 aliphatic heterocycles. The highest BCUT2D eigenvalue weighted by molar-refractivity contribution is 5.96. The Labute approximate surface area is 104 Å². The molecule has 0 fully saturated rings. The monoisotopic (exact) mass is 246 g/mol. The minimum Gasteiger partial charge on any atom is -0.433 e. The molecule has 7 heteroatoms. The smallest absolute Gasteiger partial charge is 0.250 e. The second kappa shape index (κ2) is 4.44. The molecule has 2 rings (SSSR count). The van der Waals surface area contributed by atoms with Crippen LogP contribution in [0, 0.1) is 19.3 Å². The van der Waals surface area contributed by atoms with Crippen molar-refractivity contribution in [1.82, 2.24) is 20.0 Å². The summed E-state index contributed by atoms with van der Waals surface area (Å²) in [5.41, 5.74) is 7.49. The van der Waals surface area contributed by atoms with Crippen molar-refractivity contribution in [2.75, 3.05) is 0 Å². The van der Waals surface area contributed by atoms with Gasteiger partial charge in [-0.25, -0.2) is 0 Å². The van der Waals surface area contributed by atoms with Crippen LogP contribution in [0.5, 0.6) is 11.6 Å². The zero-order valence-corrected chi connectivity index (χ0v) is 10.4. The van der Waals surface area contributed by atoms with Crippen LogP contribution in [0.3, 0.4) is 0 Å². The lowest BCUT2D eigenvalue weighted by atomic mass is 10.3. The Morgan fingerprint density at radius 2 is 2.17 bits per heavy atom. The molecule has 0 amide bonds. The maximum absolute atomic E-state index is 7.46. The largest absolute Gasteiger partial charge is 0.433 e. The SMILES string of the molecule is Cc1nn(C)c(C)c1Oc1nnccc1C(=N)N. The second-order valence-corrected chi connectivity index (χ2v) is 3.89. The fraction of sp³-hybridized carbons (Fsp3) is 0.273. The number of rotatable bonds is 3. The number of hydrogen-bond acceptors (Lipinski definition) is 5. The number of nitrogens with two attached hydrogens (primary N) is 1. The van der Waals surface area contributed by atoms with Gasteiger partial charge in [-0.15, -0.1) is 5.10 Å². The molecule has 2 aromatic heterocycles. The third-order valence-electron chi connectivity index (χ3n) is 2.62. The Morgan fingerprint density at radius 3 is 2.72 bits per heavy atom. The molecule has 0 spiro atoms. The Kier molecular flexibility index (Phi) is 2.97. The van der Waals surface area contributed by atoms with E-state index in [0.717, 1.165) is 11.4 Å². The highest BCUT2D eigenvalue weighted by Crippen LogP contribution is 2.28. The van der Waals surface area contributed by atoms with E-state index >= 15 is 0 Å². The van der Waals surface area contributed by atoms with Crippen molar-refractivity contribution in [1.29, 1.82) is 5.41 Å². The number of ether oxygens (including phenoxy) is 1. The van der Waals surface area contributed by atoms with Gasteiger partial charge in [0.05, 0.1) is 17.5 Å². The van der Waals surface area contributed by atoms with Crippen molar-refractivity contribution in [2.45, 2.75) is 13.8 Å². The summed E-state index contributed by atoms with van der Waals surface area (Å²) in [6, 6.07) is 1.59. The van der Waals surface area contributed by atoms with Gasteiger partial charge in [-0.05, 0) is 19.9 Å². The van der Waals surface area contributed by atoms with Gasteiger partial charge in [-0.1, -0.05) is 0 Å². The average Bonchev–Trinajstić information content (AvgIpc) is 2.56. The van der Waals surface area contributed by atoms with E-state index in [1.54, 1.807) is 10.7 Å². The fourth-order valence-corrected chi connectivity index (χ4v) is 1.60. The number of aryl methyl sites for hydroxylation is 2. The number of nitrogens with one attached hydrogen (secondary N) is 1. The van der Waals surface area contributed by atoms with Gasteiger partial charge in [0.15, 0.2) is 5.75 Å². The molecule has 2 aromatic rings. The third kappa shape index (κ3) is 2.02.